The fourth-order valence-corrected chi connectivity index (χ4v) is 1.66. The van der Waals surface area contributed by atoms with E-state index in [2.05, 4.69) is 0 Å². The molecule has 0 aromatic heterocycles. The van der Waals surface area contributed by atoms with Crippen LogP contribution in [0.25, 0.3) is 0 Å². The van der Waals surface area contributed by atoms with Gasteiger partial charge in [-0.15, -0.1) is 0 Å². The van der Waals surface area contributed by atoms with Crippen molar-refractivity contribution in [3.8, 4) is 0 Å². The molecule has 0 aromatic rings. The van der Waals surface area contributed by atoms with Gasteiger partial charge in [-0.2, -0.15) is 0 Å². The first-order valence-electron chi connectivity index (χ1n) is 6.64. The summed E-state index contributed by atoms with van der Waals surface area (Å²) < 4.78 is 15.9. The fraction of sp³-hybridized carbons (Fsp3) is 1.00. The van der Waals surface area contributed by atoms with E-state index < -0.39 is 31.2 Å². The van der Waals surface area contributed by atoms with Crippen LogP contribution in [-0.4, -0.2) is 96.1 Å². The Morgan fingerprint density at radius 2 is 0.905 bits per heavy atom. The molecule has 0 unspecified atom stereocenters. The number of ether oxygens (including phenoxy) is 3. The highest BCUT2D eigenvalue weighted by Crippen LogP contribution is 2.32. The summed E-state index contributed by atoms with van der Waals surface area (Å²) in [6, 6.07) is 0. The van der Waals surface area contributed by atoms with Crippen molar-refractivity contribution in [1.82, 2.24) is 0 Å². The summed E-state index contributed by atoms with van der Waals surface area (Å²) in [6.45, 7) is -3.20. The van der Waals surface area contributed by atoms with E-state index in [-0.39, 0.29) is 46.1 Å². The predicted octanol–water partition coefficient (Wildman–Crippen LogP) is -2.98. The molecule has 9 heteroatoms. The molecule has 0 aliphatic carbocycles. The average molecular weight is 314 g/mol. The second-order valence-electron chi connectivity index (χ2n) is 4.55. The van der Waals surface area contributed by atoms with Crippen molar-refractivity contribution < 1.29 is 44.8 Å². The van der Waals surface area contributed by atoms with Gasteiger partial charge >= 0.3 is 0 Å². The number of hydrogen-bond acceptors (Lipinski definition) is 9. The minimum Gasteiger partial charge on any atom is -0.396 e. The van der Waals surface area contributed by atoms with Crippen molar-refractivity contribution in [2.75, 3.05) is 59.5 Å². The van der Waals surface area contributed by atoms with Crippen LogP contribution in [0.2, 0.25) is 0 Å². The molecular weight excluding hydrogens is 288 g/mol. The van der Waals surface area contributed by atoms with Crippen molar-refractivity contribution in [2.24, 2.45) is 5.41 Å². The van der Waals surface area contributed by atoms with Crippen LogP contribution in [0.3, 0.4) is 0 Å². The van der Waals surface area contributed by atoms with Crippen molar-refractivity contribution >= 4 is 0 Å². The third kappa shape index (κ3) is 6.96. The molecule has 6 N–H and O–H groups in total. The van der Waals surface area contributed by atoms with Crippen LogP contribution in [0.1, 0.15) is 6.42 Å². The first-order chi connectivity index (χ1) is 10.1. The summed E-state index contributed by atoms with van der Waals surface area (Å²) >= 11 is 0. The van der Waals surface area contributed by atoms with Gasteiger partial charge in [0.05, 0.1) is 59.5 Å². The monoisotopic (exact) mass is 314 g/mol. The van der Waals surface area contributed by atoms with Crippen LogP contribution in [0.5, 0.6) is 0 Å². The van der Waals surface area contributed by atoms with E-state index in [1.54, 1.807) is 0 Å². The lowest BCUT2D eigenvalue weighted by Gasteiger charge is -2.39. The lowest BCUT2D eigenvalue weighted by Crippen LogP contribution is -2.49. The minimum absolute atomic E-state index is 0.171. The molecule has 0 amide bonds. The molecule has 0 aromatic carbocycles. The summed E-state index contributed by atoms with van der Waals surface area (Å²) in [4.78, 5) is 0. The van der Waals surface area contributed by atoms with Crippen molar-refractivity contribution in [3.05, 3.63) is 0 Å². The van der Waals surface area contributed by atoms with E-state index in [4.69, 9.17) is 29.5 Å². The molecule has 0 bridgehead atoms. The first kappa shape index (κ1) is 20.6. The zero-order valence-electron chi connectivity index (χ0n) is 12.0. The zero-order chi connectivity index (χ0) is 16.2. The van der Waals surface area contributed by atoms with Gasteiger partial charge in [-0.3, -0.25) is 0 Å². The molecule has 9 nitrogen and oxygen atoms in total. The van der Waals surface area contributed by atoms with Crippen molar-refractivity contribution in [2.45, 2.75) is 12.4 Å². The first-order valence-corrected chi connectivity index (χ1v) is 6.64. The molecule has 128 valence electrons. The molecule has 0 aliphatic rings. The van der Waals surface area contributed by atoms with Gasteiger partial charge in [0.15, 0.2) is 0 Å². The lowest BCUT2D eigenvalue weighted by atomic mass is 9.86. The maximum atomic E-state index is 9.38. The topological polar surface area (TPSA) is 149 Å². The number of aliphatic hydroxyl groups excluding tert-OH is 6. The Morgan fingerprint density at radius 3 is 1.14 bits per heavy atom. The van der Waals surface area contributed by atoms with E-state index in [1.807, 2.05) is 0 Å². The minimum atomic E-state index is -1.82. The summed E-state index contributed by atoms with van der Waals surface area (Å²) in [5, 5.41) is 54.7. The maximum absolute atomic E-state index is 9.38. The van der Waals surface area contributed by atoms with Gasteiger partial charge in [0.2, 0.25) is 0 Å². The number of aliphatic hydroxyl groups is 6. The summed E-state index contributed by atoms with van der Waals surface area (Å²) in [6.07, 6.45) is -0.260. The molecule has 21 heavy (non-hydrogen) atoms. The van der Waals surface area contributed by atoms with Crippen LogP contribution in [0.15, 0.2) is 0 Å². The van der Waals surface area contributed by atoms with Crippen LogP contribution < -0.4 is 0 Å². The van der Waals surface area contributed by atoms with Gasteiger partial charge in [0.1, 0.15) is 0 Å². The largest absolute Gasteiger partial charge is 0.396 e. The Kier molecular flexibility index (Phi) is 11.0. The molecule has 0 spiro atoms. The molecule has 0 saturated heterocycles. The van der Waals surface area contributed by atoms with Crippen LogP contribution in [-0.2, 0) is 14.2 Å². The van der Waals surface area contributed by atoms with Gasteiger partial charge in [-0.1, -0.05) is 0 Å². The molecule has 0 rings (SSSR count). The second kappa shape index (κ2) is 11.2. The molecule has 0 fully saturated rings. The Morgan fingerprint density at radius 1 is 0.571 bits per heavy atom. The highest BCUT2D eigenvalue weighted by molar-refractivity contribution is 4.82. The lowest BCUT2D eigenvalue weighted by molar-refractivity contribution is -0.398. The van der Waals surface area contributed by atoms with E-state index >= 15 is 0 Å². The van der Waals surface area contributed by atoms with Crippen LogP contribution in [0.4, 0.5) is 0 Å². The Bertz CT molecular complexity index is 215. The average Bonchev–Trinajstić information content (AvgIpc) is 2.54. The third-order valence-corrected chi connectivity index (χ3v) is 2.84. The number of hydrogen-bond donors (Lipinski definition) is 6. The molecule has 0 heterocycles. The van der Waals surface area contributed by atoms with Gasteiger partial charge in [-0.25, -0.2) is 0 Å². The number of rotatable bonds is 14. The van der Waals surface area contributed by atoms with E-state index in [0.717, 1.165) is 0 Å². The van der Waals surface area contributed by atoms with Crippen LogP contribution in [0, 0.1) is 5.41 Å². The molecule has 0 radical (unpaired) electrons. The summed E-state index contributed by atoms with van der Waals surface area (Å²) in [7, 11) is 0. The fourth-order valence-electron chi connectivity index (χ4n) is 1.66. The SMILES string of the molecule is OCCOC(CC(CO)(CO)CO)(OCCO)OCCO. The molecular formula is C12H26O9. The van der Waals surface area contributed by atoms with Crippen molar-refractivity contribution in [1.29, 1.82) is 0 Å². The van der Waals surface area contributed by atoms with E-state index in [1.165, 1.54) is 0 Å². The van der Waals surface area contributed by atoms with Gasteiger partial charge < -0.3 is 44.8 Å². The van der Waals surface area contributed by atoms with Gasteiger partial charge in [-0.05, 0) is 0 Å². The highest BCUT2D eigenvalue weighted by Gasteiger charge is 2.44. The predicted molar refractivity (Wildman–Crippen MR) is 70.2 cm³/mol. The zero-order valence-corrected chi connectivity index (χ0v) is 12.0. The normalized spacial score (nSPS) is 12.9. The Hall–Kier alpha value is -0.360. The molecule has 0 aliphatic heterocycles. The standard InChI is InChI=1S/C12H26O9/c13-1-4-19-12(20-5-2-14,21-6-3-15)7-11(8-16,9-17)10-18/h13-18H,1-10H2. The van der Waals surface area contributed by atoms with E-state index in [9.17, 15) is 15.3 Å². The Balaban J connectivity index is 5.17. The van der Waals surface area contributed by atoms with E-state index in [0.29, 0.717) is 0 Å². The molecule has 0 saturated carbocycles. The van der Waals surface area contributed by atoms with Crippen LogP contribution >= 0.6 is 0 Å². The quantitative estimate of drug-likeness (QED) is 0.185. The van der Waals surface area contributed by atoms with Gasteiger partial charge in [0.25, 0.3) is 5.97 Å². The third-order valence-electron chi connectivity index (χ3n) is 2.84. The second-order valence-corrected chi connectivity index (χ2v) is 4.55. The summed E-state index contributed by atoms with van der Waals surface area (Å²) in [5.74, 6) is -1.82. The molecule has 0 atom stereocenters. The smallest absolute Gasteiger partial charge is 0.283 e. The highest BCUT2D eigenvalue weighted by atomic mass is 16.9. The van der Waals surface area contributed by atoms with Gasteiger partial charge in [0, 0.05) is 11.8 Å². The van der Waals surface area contributed by atoms with Crippen molar-refractivity contribution in [3.63, 3.8) is 0 Å². The summed E-state index contributed by atoms with van der Waals surface area (Å²) in [5.41, 5.74) is -1.35. The maximum Gasteiger partial charge on any atom is 0.283 e. The Labute approximate surface area is 123 Å².